The van der Waals surface area contributed by atoms with Gasteiger partial charge in [-0.25, -0.2) is 4.39 Å². The summed E-state index contributed by atoms with van der Waals surface area (Å²) in [4.78, 5) is 10.9. The second kappa shape index (κ2) is 7.58. The Morgan fingerprint density at radius 2 is 2.04 bits per heavy atom. The first kappa shape index (κ1) is 16.7. The van der Waals surface area contributed by atoms with Crippen molar-refractivity contribution >= 4 is 6.29 Å². The SMILES string of the molecule is CC(COc1cc(F)c2c(c1)CC(C=O)C2)OCc1ccccc1. The van der Waals surface area contributed by atoms with Crippen molar-refractivity contribution in [3.8, 4) is 5.75 Å². The lowest BCUT2D eigenvalue weighted by Crippen LogP contribution is -2.18. The van der Waals surface area contributed by atoms with Crippen LogP contribution in [0, 0.1) is 11.7 Å². The van der Waals surface area contributed by atoms with Gasteiger partial charge in [-0.1, -0.05) is 30.3 Å². The lowest BCUT2D eigenvalue weighted by Gasteiger charge is -2.15. The lowest BCUT2D eigenvalue weighted by molar-refractivity contribution is -0.110. The van der Waals surface area contributed by atoms with Crippen LogP contribution in [0.2, 0.25) is 0 Å². The van der Waals surface area contributed by atoms with Gasteiger partial charge >= 0.3 is 0 Å². The number of rotatable bonds is 7. The normalized spacial score (nSPS) is 17.3. The number of carbonyl (C=O) groups is 1. The Hall–Kier alpha value is -2.20. The van der Waals surface area contributed by atoms with E-state index in [1.807, 2.05) is 43.3 Å². The molecule has 0 saturated heterocycles. The average Bonchev–Trinajstić information content (AvgIpc) is 3.03. The molecular weight excluding hydrogens is 307 g/mol. The molecule has 2 atom stereocenters. The number of carbonyl (C=O) groups excluding carboxylic acids is 1. The van der Waals surface area contributed by atoms with Crippen molar-refractivity contribution in [1.82, 2.24) is 0 Å². The Bertz CT molecular complexity index is 700. The van der Waals surface area contributed by atoms with Gasteiger partial charge in [0.2, 0.25) is 0 Å². The average molecular weight is 328 g/mol. The molecule has 0 amide bonds. The Morgan fingerprint density at radius 1 is 1.25 bits per heavy atom. The summed E-state index contributed by atoms with van der Waals surface area (Å²) in [5.74, 6) is 0.0931. The Balaban J connectivity index is 1.53. The molecule has 4 heteroatoms. The molecule has 0 N–H and O–H groups in total. The van der Waals surface area contributed by atoms with Crippen LogP contribution in [0.15, 0.2) is 42.5 Å². The Kier molecular flexibility index (Phi) is 5.26. The van der Waals surface area contributed by atoms with Gasteiger partial charge in [-0.2, -0.15) is 0 Å². The van der Waals surface area contributed by atoms with Crippen LogP contribution < -0.4 is 4.74 Å². The third-order valence-corrected chi connectivity index (χ3v) is 4.26. The number of ether oxygens (including phenoxy) is 2. The first-order chi connectivity index (χ1) is 11.7. The molecule has 0 spiro atoms. The molecule has 2 aromatic rings. The van der Waals surface area contributed by atoms with Gasteiger partial charge < -0.3 is 14.3 Å². The van der Waals surface area contributed by atoms with Gasteiger partial charge in [0.1, 0.15) is 24.5 Å². The molecular formula is C20H21FO3. The highest BCUT2D eigenvalue weighted by molar-refractivity contribution is 5.59. The fourth-order valence-electron chi connectivity index (χ4n) is 2.95. The van der Waals surface area contributed by atoms with E-state index in [1.54, 1.807) is 0 Å². The highest BCUT2D eigenvalue weighted by Gasteiger charge is 2.25. The van der Waals surface area contributed by atoms with Crippen LogP contribution in [-0.4, -0.2) is 19.0 Å². The van der Waals surface area contributed by atoms with Crippen molar-refractivity contribution in [1.29, 1.82) is 0 Å². The van der Waals surface area contributed by atoms with Crippen LogP contribution in [0.1, 0.15) is 23.6 Å². The van der Waals surface area contributed by atoms with Crippen LogP contribution >= 0.6 is 0 Å². The molecule has 2 aromatic carbocycles. The zero-order valence-corrected chi connectivity index (χ0v) is 13.7. The molecule has 0 heterocycles. The maximum Gasteiger partial charge on any atom is 0.130 e. The predicted octanol–water partition coefficient (Wildman–Crippen LogP) is 3.72. The number of benzene rings is 2. The largest absolute Gasteiger partial charge is 0.491 e. The summed E-state index contributed by atoms with van der Waals surface area (Å²) >= 11 is 0. The van der Waals surface area contributed by atoms with Gasteiger partial charge in [-0.15, -0.1) is 0 Å². The van der Waals surface area contributed by atoms with E-state index in [1.165, 1.54) is 6.07 Å². The first-order valence-corrected chi connectivity index (χ1v) is 8.20. The van der Waals surface area contributed by atoms with Crippen molar-refractivity contribution in [2.75, 3.05) is 6.61 Å². The molecule has 1 aliphatic rings. The fourth-order valence-corrected chi connectivity index (χ4v) is 2.95. The third kappa shape index (κ3) is 4.01. The van der Waals surface area contributed by atoms with Crippen molar-refractivity contribution in [3.63, 3.8) is 0 Å². The summed E-state index contributed by atoms with van der Waals surface area (Å²) in [7, 11) is 0. The van der Waals surface area contributed by atoms with E-state index >= 15 is 0 Å². The van der Waals surface area contributed by atoms with Gasteiger partial charge in [0.15, 0.2) is 0 Å². The molecule has 0 aliphatic heterocycles. The Labute approximate surface area is 141 Å². The van der Waals surface area contributed by atoms with E-state index in [0.29, 0.717) is 37.4 Å². The standard InChI is InChI=1S/C20H21FO3/c1-14(23-13-15-5-3-2-4-6-15)12-24-18-9-17-7-16(11-22)8-19(17)20(21)10-18/h2-6,9-11,14,16H,7-8,12-13H2,1H3. The monoisotopic (exact) mass is 328 g/mol. The van der Waals surface area contributed by atoms with Crippen molar-refractivity contribution in [3.05, 3.63) is 65.0 Å². The summed E-state index contributed by atoms with van der Waals surface area (Å²) < 4.78 is 25.5. The molecule has 0 radical (unpaired) electrons. The molecule has 3 rings (SSSR count). The molecule has 0 saturated carbocycles. The second-order valence-electron chi connectivity index (χ2n) is 6.27. The fraction of sp³-hybridized carbons (Fsp3) is 0.350. The van der Waals surface area contributed by atoms with Crippen LogP contribution in [-0.2, 0) is 29.0 Å². The molecule has 126 valence electrons. The van der Waals surface area contributed by atoms with Crippen LogP contribution in [0.4, 0.5) is 4.39 Å². The van der Waals surface area contributed by atoms with E-state index in [-0.39, 0.29) is 17.8 Å². The van der Waals surface area contributed by atoms with Crippen molar-refractivity contribution < 1.29 is 18.7 Å². The molecule has 3 nitrogen and oxygen atoms in total. The number of hydrogen-bond acceptors (Lipinski definition) is 3. The number of halogens is 1. The van der Waals surface area contributed by atoms with E-state index < -0.39 is 0 Å². The van der Waals surface area contributed by atoms with Gasteiger partial charge in [-0.05, 0) is 42.5 Å². The minimum Gasteiger partial charge on any atom is -0.491 e. The highest BCUT2D eigenvalue weighted by atomic mass is 19.1. The quantitative estimate of drug-likeness (QED) is 0.727. The maximum absolute atomic E-state index is 14.1. The van der Waals surface area contributed by atoms with E-state index in [0.717, 1.165) is 17.4 Å². The van der Waals surface area contributed by atoms with Gasteiger partial charge in [0.25, 0.3) is 0 Å². The van der Waals surface area contributed by atoms with E-state index in [9.17, 15) is 9.18 Å². The predicted molar refractivity (Wildman–Crippen MR) is 89.6 cm³/mol. The third-order valence-electron chi connectivity index (χ3n) is 4.26. The summed E-state index contributed by atoms with van der Waals surface area (Å²) in [6.45, 7) is 2.79. The summed E-state index contributed by atoms with van der Waals surface area (Å²) in [6.07, 6.45) is 1.87. The molecule has 0 aromatic heterocycles. The van der Waals surface area contributed by atoms with Crippen LogP contribution in [0.25, 0.3) is 0 Å². The van der Waals surface area contributed by atoms with E-state index in [2.05, 4.69) is 0 Å². The van der Waals surface area contributed by atoms with Gasteiger partial charge in [0, 0.05) is 12.0 Å². The van der Waals surface area contributed by atoms with Crippen LogP contribution in [0.3, 0.4) is 0 Å². The molecule has 0 fully saturated rings. The number of hydrogen-bond donors (Lipinski definition) is 0. The highest BCUT2D eigenvalue weighted by Crippen LogP contribution is 2.31. The minimum atomic E-state index is -0.287. The first-order valence-electron chi connectivity index (χ1n) is 8.20. The minimum absolute atomic E-state index is 0.107. The van der Waals surface area contributed by atoms with Crippen LogP contribution in [0.5, 0.6) is 5.75 Å². The summed E-state index contributed by atoms with van der Waals surface area (Å²) in [5.41, 5.74) is 2.63. The smallest absolute Gasteiger partial charge is 0.130 e. The van der Waals surface area contributed by atoms with Gasteiger partial charge in [0.05, 0.1) is 12.7 Å². The Morgan fingerprint density at radius 3 is 2.79 bits per heavy atom. The molecule has 24 heavy (non-hydrogen) atoms. The topological polar surface area (TPSA) is 35.5 Å². The van der Waals surface area contributed by atoms with Crippen molar-refractivity contribution in [2.45, 2.75) is 32.5 Å². The zero-order chi connectivity index (χ0) is 16.9. The van der Waals surface area contributed by atoms with E-state index in [4.69, 9.17) is 9.47 Å². The lowest BCUT2D eigenvalue weighted by atomic mass is 10.1. The summed E-state index contributed by atoms with van der Waals surface area (Å²) in [5, 5.41) is 0. The summed E-state index contributed by atoms with van der Waals surface area (Å²) in [6, 6.07) is 13.2. The van der Waals surface area contributed by atoms with Crippen molar-refractivity contribution in [2.24, 2.45) is 5.92 Å². The molecule has 1 aliphatic carbocycles. The molecule has 2 unspecified atom stereocenters. The molecule has 0 bridgehead atoms. The number of aldehydes is 1. The van der Waals surface area contributed by atoms with Gasteiger partial charge in [-0.3, -0.25) is 0 Å². The zero-order valence-electron chi connectivity index (χ0n) is 13.7. The second-order valence-corrected chi connectivity index (χ2v) is 6.27. The number of fused-ring (bicyclic) bond motifs is 1. The maximum atomic E-state index is 14.1.